The second-order valence-electron chi connectivity index (χ2n) is 9.20. The molecule has 1 spiro atoms. The van der Waals surface area contributed by atoms with E-state index in [9.17, 15) is 8.42 Å². The van der Waals surface area contributed by atoms with Crippen molar-refractivity contribution in [3.63, 3.8) is 0 Å². The minimum Gasteiger partial charge on any atom is -0.492 e. The Bertz CT molecular complexity index is 1040. The van der Waals surface area contributed by atoms with Crippen molar-refractivity contribution < 1.29 is 13.2 Å². The smallest absolute Gasteiger partial charge is 0.264 e. The molecule has 0 saturated heterocycles. The molecule has 2 aromatic carbocycles. The second kappa shape index (κ2) is 5.99. The molecule has 2 aromatic rings. The standard InChI is InChI=1S/C23H27NO3S/c1-22(2)16-27-21-11-10-17(14-19(21)22)28(25,26)24-15-23(12-6-3-7-13-23)18-8-4-5-9-20(18)24/h4-5,8-11,14H,3,6-7,12-13,15-16H2,1-2H3. The Balaban J connectivity index is 1.60. The fourth-order valence-corrected chi connectivity index (χ4v) is 6.84. The van der Waals surface area contributed by atoms with Crippen LogP contribution in [0.1, 0.15) is 57.1 Å². The molecule has 0 radical (unpaired) electrons. The Hall–Kier alpha value is -2.01. The van der Waals surface area contributed by atoms with Gasteiger partial charge in [-0.15, -0.1) is 0 Å². The van der Waals surface area contributed by atoms with Crippen LogP contribution in [-0.4, -0.2) is 21.6 Å². The first-order valence-electron chi connectivity index (χ1n) is 10.2. The number of rotatable bonds is 2. The van der Waals surface area contributed by atoms with Gasteiger partial charge in [-0.05, 0) is 42.7 Å². The minimum atomic E-state index is -3.62. The lowest BCUT2D eigenvalue weighted by Gasteiger charge is -2.34. The summed E-state index contributed by atoms with van der Waals surface area (Å²) in [6.45, 7) is 5.34. The summed E-state index contributed by atoms with van der Waals surface area (Å²) < 4.78 is 34.8. The molecule has 0 N–H and O–H groups in total. The van der Waals surface area contributed by atoms with Gasteiger partial charge in [0.05, 0.1) is 17.2 Å². The third kappa shape index (κ3) is 2.52. The number of benzene rings is 2. The van der Waals surface area contributed by atoms with Gasteiger partial charge >= 0.3 is 0 Å². The van der Waals surface area contributed by atoms with Gasteiger partial charge in [-0.1, -0.05) is 51.3 Å². The Morgan fingerprint density at radius 3 is 2.50 bits per heavy atom. The Morgan fingerprint density at radius 2 is 1.71 bits per heavy atom. The molecule has 0 aromatic heterocycles. The van der Waals surface area contributed by atoms with Crippen LogP contribution in [-0.2, 0) is 20.9 Å². The zero-order valence-corrected chi connectivity index (χ0v) is 17.4. The van der Waals surface area contributed by atoms with Crippen molar-refractivity contribution in [2.75, 3.05) is 17.5 Å². The zero-order valence-electron chi connectivity index (χ0n) is 16.6. The van der Waals surface area contributed by atoms with Crippen molar-refractivity contribution in [2.24, 2.45) is 0 Å². The van der Waals surface area contributed by atoms with Crippen LogP contribution in [0.15, 0.2) is 47.4 Å². The third-order valence-corrected chi connectivity index (χ3v) is 8.61. The van der Waals surface area contributed by atoms with Crippen LogP contribution in [0.4, 0.5) is 5.69 Å². The molecule has 148 valence electrons. The van der Waals surface area contributed by atoms with Crippen LogP contribution >= 0.6 is 0 Å². The fraction of sp³-hybridized carbons (Fsp3) is 0.478. The molecule has 1 fully saturated rings. The highest BCUT2D eigenvalue weighted by molar-refractivity contribution is 7.92. The predicted molar refractivity (Wildman–Crippen MR) is 111 cm³/mol. The highest BCUT2D eigenvalue weighted by atomic mass is 32.2. The number of sulfonamides is 1. The minimum absolute atomic E-state index is 0.0268. The van der Waals surface area contributed by atoms with E-state index in [1.165, 1.54) is 24.8 Å². The largest absolute Gasteiger partial charge is 0.492 e. The van der Waals surface area contributed by atoms with Gasteiger partial charge in [0.25, 0.3) is 10.0 Å². The Labute approximate surface area is 167 Å². The van der Waals surface area contributed by atoms with Gasteiger partial charge in [-0.3, -0.25) is 4.31 Å². The summed E-state index contributed by atoms with van der Waals surface area (Å²) in [6, 6.07) is 13.4. The van der Waals surface area contributed by atoms with Crippen molar-refractivity contribution in [2.45, 2.75) is 61.7 Å². The van der Waals surface area contributed by atoms with E-state index in [1.54, 1.807) is 10.4 Å². The molecule has 28 heavy (non-hydrogen) atoms. The first kappa shape index (κ1) is 18.0. The maximum absolute atomic E-state index is 13.7. The number of hydrogen-bond acceptors (Lipinski definition) is 3. The second-order valence-corrected chi connectivity index (χ2v) is 11.1. The van der Waals surface area contributed by atoms with Gasteiger partial charge < -0.3 is 4.74 Å². The molecule has 5 rings (SSSR count). The topological polar surface area (TPSA) is 46.6 Å². The molecule has 5 heteroatoms. The van der Waals surface area contributed by atoms with Crippen LogP contribution in [0.2, 0.25) is 0 Å². The van der Waals surface area contributed by atoms with E-state index in [2.05, 4.69) is 19.9 Å². The molecular formula is C23H27NO3S. The van der Waals surface area contributed by atoms with Crippen molar-refractivity contribution in [3.8, 4) is 5.75 Å². The molecule has 4 nitrogen and oxygen atoms in total. The van der Waals surface area contributed by atoms with Gasteiger partial charge in [0.15, 0.2) is 0 Å². The van der Waals surface area contributed by atoms with Gasteiger partial charge in [0.1, 0.15) is 5.75 Å². The van der Waals surface area contributed by atoms with E-state index in [-0.39, 0.29) is 10.8 Å². The molecule has 0 unspecified atom stereocenters. The van der Waals surface area contributed by atoms with E-state index >= 15 is 0 Å². The van der Waals surface area contributed by atoms with Gasteiger partial charge in [-0.25, -0.2) is 8.42 Å². The van der Waals surface area contributed by atoms with Crippen LogP contribution in [0.25, 0.3) is 0 Å². The third-order valence-electron chi connectivity index (χ3n) is 6.86. The van der Waals surface area contributed by atoms with E-state index in [1.807, 2.05) is 30.3 Å². The molecule has 2 aliphatic heterocycles. The maximum Gasteiger partial charge on any atom is 0.264 e. The van der Waals surface area contributed by atoms with Gasteiger partial charge in [0.2, 0.25) is 0 Å². The maximum atomic E-state index is 13.7. The molecule has 0 bridgehead atoms. The monoisotopic (exact) mass is 397 g/mol. The normalized spacial score (nSPS) is 22.0. The summed E-state index contributed by atoms with van der Waals surface area (Å²) in [7, 11) is -3.62. The lowest BCUT2D eigenvalue weighted by molar-refractivity contribution is 0.291. The number of ether oxygens (including phenoxy) is 1. The summed E-state index contributed by atoms with van der Waals surface area (Å²) in [6.07, 6.45) is 5.73. The first-order chi connectivity index (χ1) is 13.3. The fourth-order valence-electron chi connectivity index (χ4n) is 5.24. The van der Waals surface area contributed by atoms with Crippen LogP contribution in [0, 0.1) is 0 Å². The molecule has 2 heterocycles. The van der Waals surface area contributed by atoms with Crippen molar-refractivity contribution in [3.05, 3.63) is 53.6 Å². The van der Waals surface area contributed by atoms with Crippen molar-refractivity contribution in [1.29, 1.82) is 0 Å². The lowest BCUT2D eigenvalue weighted by atomic mass is 9.71. The highest BCUT2D eigenvalue weighted by Gasteiger charge is 2.47. The van der Waals surface area contributed by atoms with Crippen molar-refractivity contribution in [1.82, 2.24) is 0 Å². The first-order valence-corrected chi connectivity index (χ1v) is 11.7. The van der Waals surface area contributed by atoms with E-state index < -0.39 is 10.0 Å². The number of hydrogen-bond donors (Lipinski definition) is 0. The molecule has 1 saturated carbocycles. The number of anilines is 1. The van der Waals surface area contributed by atoms with Crippen LogP contribution in [0.5, 0.6) is 5.75 Å². The summed E-state index contributed by atoms with van der Waals surface area (Å²) >= 11 is 0. The quantitative estimate of drug-likeness (QED) is 0.733. The molecule has 3 aliphatic rings. The van der Waals surface area contributed by atoms with E-state index in [4.69, 9.17) is 4.74 Å². The summed E-state index contributed by atoms with van der Waals surface area (Å²) in [5.74, 6) is 0.800. The van der Waals surface area contributed by atoms with E-state index in [0.717, 1.165) is 29.8 Å². The molecule has 1 aliphatic carbocycles. The summed E-state index contributed by atoms with van der Waals surface area (Å²) in [5, 5.41) is 0. The zero-order chi connectivity index (χ0) is 19.6. The van der Waals surface area contributed by atoms with Crippen molar-refractivity contribution >= 4 is 15.7 Å². The number of para-hydroxylation sites is 1. The summed E-state index contributed by atoms with van der Waals surface area (Å²) in [4.78, 5) is 0.368. The van der Waals surface area contributed by atoms with Gasteiger partial charge in [0, 0.05) is 22.9 Å². The van der Waals surface area contributed by atoms with Crippen LogP contribution < -0.4 is 9.04 Å². The Kier molecular flexibility index (Phi) is 3.86. The van der Waals surface area contributed by atoms with E-state index in [0.29, 0.717) is 18.0 Å². The van der Waals surface area contributed by atoms with Crippen LogP contribution in [0.3, 0.4) is 0 Å². The SMILES string of the molecule is CC1(C)COc2ccc(S(=O)(=O)N3CC4(CCCCC4)c4ccccc43)cc21. The molecular weight excluding hydrogens is 370 g/mol. The average molecular weight is 398 g/mol. The number of nitrogens with zero attached hydrogens (tertiary/aromatic N) is 1. The molecule has 0 atom stereocenters. The van der Waals surface area contributed by atoms with Gasteiger partial charge in [-0.2, -0.15) is 0 Å². The average Bonchev–Trinajstić information content (AvgIpc) is 3.18. The number of fused-ring (bicyclic) bond motifs is 3. The molecule has 0 amide bonds. The highest BCUT2D eigenvalue weighted by Crippen LogP contribution is 2.51. The summed E-state index contributed by atoms with van der Waals surface area (Å²) in [5.41, 5.74) is 2.85. The predicted octanol–water partition coefficient (Wildman–Crippen LogP) is 4.77. The lowest BCUT2D eigenvalue weighted by Crippen LogP contribution is -2.38. The Morgan fingerprint density at radius 1 is 0.964 bits per heavy atom.